The first-order valence-electron chi connectivity index (χ1n) is 12.2. The van der Waals surface area contributed by atoms with E-state index in [1.165, 1.54) is 49.4 Å². The van der Waals surface area contributed by atoms with Crippen molar-refractivity contribution in [1.82, 2.24) is 24.6 Å². The molecule has 174 valence electrons. The Balaban J connectivity index is 1.43. The highest BCUT2D eigenvalue weighted by molar-refractivity contribution is 7.99. The van der Waals surface area contributed by atoms with Crippen LogP contribution in [0.15, 0.2) is 35.5 Å². The highest BCUT2D eigenvalue weighted by atomic mass is 32.2. The molecule has 0 spiro atoms. The van der Waals surface area contributed by atoms with E-state index in [9.17, 15) is 4.79 Å². The van der Waals surface area contributed by atoms with Gasteiger partial charge in [-0.05, 0) is 63.1 Å². The van der Waals surface area contributed by atoms with Crippen molar-refractivity contribution in [2.24, 2.45) is 5.92 Å². The zero-order valence-corrected chi connectivity index (χ0v) is 20.4. The maximum atomic E-state index is 12.9. The van der Waals surface area contributed by atoms with E-state index in [0.29, 0.717) is 11.8 Å². The molecule has 0 unspecified atom stereocenters. The van der Waals surface area contributed by atoms with Crippen molar-refractivity contribution in [1.29, 1.82) is 0 Å². The molecule has 2 aromatic rings. The van der Waals surface area contributed by atoms with Crippen LogP contribution in [0.4, 0.5) is 0 Å². The first-order chi connectivity index (χ1) is 15.6. The van der Waals surface area contributed by atoms with Gasteiger partial charge in [-0.15, -0.1) is 10.2 Å². The van der Waals surface area contributed by atoms with Crippen LogP contribution in [0.25, 0.3) is 0 Å². The summed E-state index contributed by atoms with van der Waals surface area (Å²) in [6, 6.07) is 10.8. The SMILES string of the molecule is CC1CCC(N(C)C(=O)CSc2nnc(CN3CCCCC3)n2Cc2ccccc2)CC1. The van der Waals surface area contributed by atoms with Gasteiger partial charge in [0.1, 0.15) is 5.82 Å². The molecule has 1 amide bonds. The Morgan fingerprint density at radius 1 is 1.03 bits per heavy atom. The van der Waals surface area contributed by atoms with Gasteiger partial charge < -0.3 is 9.47 Å². The summed E-state index contributed by atoms with van der Waals surface area (Å²) in [6.45, 7) is 6.14. The predicted octanol–water partition coefficient (Wildman–Crippen LogP) is 4.44. The Morgan fingerprint density at radius 3 is 2.47 bits per heavy atom. The van der Waals surface area contributed by atoms with Gasteiger partial charge in [-0.1, -0.05) is 55.4 Å². The Labute approximate surface area is 196 Å². The maximum absolute atomic E-state index is 12.9. The number of amides is 1. The fourth-order valence-corrected chi connectivity index (χ4v) is 5.73. The fourth-order valence-electron chi connectivity index (χ4n) is 4.85. The normalized spacial score (nSPS) is 22.1. The summed E-state index contributed by atoms with van der Waals surface area (Å²) >= 11 is 1.53. The number of piperidine rings is 1. The summed E-state index contributed by atoms with van der Waals surface area (Å²) < 4.78 is 2.21. The second-order valence-electron chi connectivity index (χ2n) is 9.51. The van der Waals surface area contributed by atoms with Crippen LogP contribution in [0, 0.1) is 5.92 Å². The van der Waals surface area contributed by atoms with E-state index in [1.807, 2.05) is 18.0 Å². The molecule has 1 saturated heterocycles. The number of likely N-dealkylation sites (tertiary alicyclic amines) is 1. The minimum atomic E-state index is 0.196. The van der Waals surface area contributed by atoms with Crippen molar-refractivity contribution >= 4 is 17.7 Å². The minimum absolute atomic E-state index is 0.196. The molecule has 0 bridgehead atoms. The number of carbonyl (C=O) groups excluding carboxylic acids is 1. The summed E-state index contributed by atoms with van der Waals surface area (Å²) in [5, 5.41) is 9.91. The molecule has 2 aliphatic rings. The summed E-state index contributed by atoms with van der Waals surface area (Å²) in [6.07, 6.45) is 8.53. The van der Waals surface area contributed by atoms with Gasteiger partial charge in [-0.25, -0.2) is 0 Å². The van der Waals surface area contributed by atoms with Gasteiger partial charge in [0.15, 0.2) is 5.16 Å². The second-order valence-corrected chi connectivity index (χ2v) is 10.5. The summed E-state index contributed by atoms with van der Waals surface area (Å²) in [7, 11) is 1.97. The number of rotatable bonds is 8. The zero-order valence-electron chi connectivity index (χ0n) is 19.6. The molecule has 0 N–H and O–H groups in total. The number of carbonyl (C=O) groups is 1. The van der Waals surface area contributed by atoms with Gasteiger partial charge in [-0.3, -0.25) is 9.69 Å². The first kappa shape index (κ1) is 23.3. The smallest absolute Gasteiger partial charge is 0.233 e. The quantitative estimate of drug-likeness (QED) is 0.551. The molecular formula is C25H37N5OS. The highest BCUT2D eigenvalue weighted by Crippen LogP contribution is 2.27. The van der Waals surface area contributed by atoms with E-state index in [2.05, 4.69) is 50.9 Å². The maximum Gasteiger partial charge on any atom is 0.233 e. The van der Waals surface area contributed by atoms with Crippen molar-refractivity contribution in [2.45, 2.75) is 76.2 Å². The van der Waals surface area contributed by atoms with Gasteiger partial charge in [0.05, 0.1) is 18.8 Å². The van der Waals surface area contributed by atoms with Crippen molar-refractivity contribution in [3.05, 3.63) is 41.7 Å². The summed E-state index contributed by atoms with van der Waals surface area (Å²) in [5.74, 6) is 2.40. The highest BCUT2D eigenvalue weighted by Gasteiger charge is 2.25. The van der Waals surface area contributed by atoms with E-state index in [-0.39, 0.29) is 5.91 Å². The third-order valence-electron chi connectivity index (χ3n) is 7.04. The van der Waals surface area contributed by atoms with Crippen molar-refractivity contribution < 1.29 is 4.79 Å². The largest absolute Gasteiger partial charge is 0.342 e. The van der Waals surface area contributed by atoms with Crippen LogP contribution in [0.2, 0.25) is 0 Å². The zero-order chi connectivity index (χ0) is 22.3. The monoisotopic (exact) mass is 455 g/mol. The van der Waals surface area contributed by atoms with Gasteiger partial charge in [-0.2, -0.15) is 0 Å². The lowest BCUT2D eigenvalue weighted by atomic mass is 9.87. The number of benzene rings is 1. The van der Waals surface area contributed by atoms with Gasteiger partial charge in [0.2, 0.25) is 5.91 Å². The lowest BCUT2D eigenvalue weighted by Gasteiger charge is -2.33. The Bertz CT molecular complexity index is 856. The lowest BCUT2D eigenvalue weighted by Crippen LogP contribution is -2.40. The fraction of sp³-hybridized carbons (Fsp3) is 0.640. The minimum Gasteiger partial charge on any atom is -0.342 e. The summed E-state index contributed by atoms with van der Waals surface area (Å²) in [4.78, 5) is 17.4. The topological polar surface area (TPSA) is 54.3 Å². The van der Waals surface area contributed by atoms with E-state index in [4.69, 9.17) is 0 Å². The molecule has 32 heavy (non-hydrogen) atoms. The van der Waals surface area contributed by atoms with Crippen molar-refractivity contribution in [2.75, 3.05) is 25.9 Å². The van der Waals surface area contributed by atoms with Crippen molar-refractivity contribution in [3.8, 4) is 0 Å². The van der Waals surface area contributed by atoms with Crippen LogP contribution in [0.5, 0.6) is 0 Å². The number of nitrogens with zero attached hydrogens (tertiary/aromatic N) is 5. The molecule has 0 radical (unpaired) electrons. The molecule has 0 atom stereocenters. The molecule has 2 heterocycles. The molecule has 4 rings (SSSR count). The van der Waals surface area contributed by atoms with Gasteiger partial charge in [0.25, 0.3) is 0 Å². The first-order valence-corrected chi connectivity index (χ1v) is 13.2. The molecule has 1 aliphatic heterocycles. The van der Waals surface area contributed by atoms with Crippen LogP contribution in [0.1, 0.15) is 63.3 Å². The number of hydrogen-bond donors (Lipinski definition) is 0. The van der Waals surface area contributed by atoms with E-state index in [1.54, 1.807) is 0 Å². The standard InChI is InChI=1S/C25H37N5OS/c1-20-11-13-22(14-12-20)28(2)24(31)19-32-25-27-26-23(18-29-15-7-4-8-16-29)30(25)17-21-9-5-3-6-10-21/h3,5-6,9-10,20,22H,4,7-8,11-19H2,1-2H3. The molecule has 1 aliphatic carbocycles. The number of hydrogen-bond acceptors (Lipinski definition) is 5. The summed E-state index contributed by atoms with van der Waals surface area (Å²) in [5.41, 5.74) is 1.23. The third kappa shape index (κ3) is 6.13. The predicted molar refractivity (Wildman–Crippen MR) is 130 cm³/mol. The molecule has 1 aromatic heterocycles. The molecule has 2 fully saturated rings. The van der Waals surface area contributed by atoms with Crippen LogP contribution in [-0.4, -0.2) is 62.4 Å². The van der Waals surface area contributed by atoms with Crippen LogP contribution in [0.3, 0.4) is 0 Å². The van der Waals surface area contributed by atoms with E-state index >= 15 is 0 Å². The average Bonchev–Trinajstić information content (AvgIpc) is 3.19. The Hall–Kier alpha value is -1.86. The van der Waals surface area contributed by atoms with Gasteiger partial charge in [0, 0.05) is 13.1 Å². The molecule has 7 heteroatoms. The van der Waals surface area contributed by atoms with E-state index < -0.39 is 0 Å². The lowest BCUT2D eigenvalue weighted by molar-refractivity contribution is -0.129. The average molecular weight is 456 g/mol. The number of aromatic nitrogens is 3. The molecule has 6 nitrogen and oxygen atoms in total. The Morgan fingerprint density at radius 2 is 1.75 bits per heavy atom. The molecule has 1 saturated carbocycles. The van der Waals surface area contributed by atoms with Gasteiger partial charge >= 0.3 is 0 Å². The third-order valence-corrected chi connectivity index (χ3v) is 7.99. The van der Waals surface area contributed by atoms with Crippen LogP contribution < -0.4 is 0 Å². The van der Waals surface area contributed by atoms with Crippen molar-refractivity contribution in [3.63, 3.8) is 0 Å². The second kappa shape index (κ2) is 11.3. The molecule has 1 aromatic carbocycles. The van der Waals surface area contributed by atoms with E-state index in [0.717, 1.165) is 55.9 Å². The van der Waals surface area contributed by atoms with Crippen LogP contribution >= 0.6 is 11.8 Å². The van der Waals surface area contributed by atoms with Crippen LogP contribution in [-0.2, 0) is 17.9 Å². The number of thioether (sulfide) groups is 1. The molecular weight excluding hydrogens is 418 g/mol. The Kier molecular flexibility index (Phi) is 8.25.